The highest BCUT2D eigenvalue weighted by Crippen LogP contribution is 2.00. The molecule has 0 radical (unpaired) electrons. The van der Waals surface area contributed by atoms with E-state index in [9.17, 15) is 4.79 Å². The molecule has 0 bridgehead atoms. The highest BCUT2D eigenvalue weighted by Gasteiger charge is 2.02. The van der Waals surface area contributed by atoms with Gasteiger partial charge in [0.25, 0.3) is 0 Å². The minimum atomic E-state index is -1.03. The smallest absolute Gasteiger partial charge is 0.354 e. The van der Waals surface area contributed by atoms with Gasteiger partial charge in [-0.25, -0.2) is 9.78 Å². The first-order valence-electron chi connectivity index (χ1n) is 3.98. The summed E-state index contributed by atoms with van der Waals surface area (Å²) in [4.78, 5) is 14.3. The minimum Gasteiger partial charge on any atom is -0.477 e. The summed E-state index contributed by atoms with van der Waals surface area (Å²) in [6.07, 6.45) is 2.19. The van der Waals surface area contributed by atoms with Crippen molar-refractivity contribution < 1.29 is 9.90 Å². The topological polar surface area (TPSA) is 50.2 Å². The van der Waals surface area contributed by atoms with Gasteiger partial charge in [-0.15, -0.1) is 0 Å². The van der Waals surface area contributed by atoms with E-state index in [2.05, 4.69) is 32.8 Å². The van der Waals surface area contributed by atoms with Gasteiger partial charge in [0, 0.05) is 23.5 Å². The van der Waals surface area contributed by atoms with Gasteiger partial charge in [-0.05, 0) is 12.1 Å². The van der Waals surface area contributed by atoms with Crippen molar-refractivity contribution in [2.24, 2.45) is 0 Å². The van der Waals surface area contributed by atoms with E-state index < -0.39 is 5.97 Å². The largest absolute Gasteiger partial charge is 0.477 e. The standard InChI is InChI=1S/C10H8BrNO2/c11-5-2-1-3-8-4-6-12-9(7-8)10(13)14/h4,6-7H,2,5H2,(H,13,14). The summed E-state index contributed by atoms with van der Waals surface area (Å²) in [5.41, 5.74) is 0.703. The number of hydrogen-bond donors (Lipinski definition) is 1. The molecule has 72 valence electrons. The molecule has 3 nitrogen and oxygen atoms in total. The second kappa shape index (κ2) is 5.40. The van der Waals surface area contributed by atoms with Crippen molar-refractivity contribution in [3.05, 3.63) is 29.6 Å². The first-order chi connectivity index (χ1) is 6.74. The third-order valence-electron chi connectivity index (χ3n) is 1.43. The molecule has 0 aromatic carbocycles. The van der Waals surface area contributed by atoms with Crippen LogP contribution >= 0.6 is 15.9 Å². The maximum Gasteiger partial charge on any atom is 0.354 e. The van der Waals surface area contributed by atoms with Crippen molar-refractivity contribution >= 4 is 21.9 Å². The van der Waals surface area contributed by atoms with E-state index >= 15 is 0 Å². The van der Waals surface area contributed by atoms with Crippen molar-refractivity contribution in [2.45, 2.75) is 6.42 Å². The number of aromatic carboxylic acids is 1. The molecule has 1 aromatic rings. The van der Waals surface area contributed by atoms with Crippen LogP contribution in [0.1, 0.15) is 22.5 Å². The van der Waals surface area contributed by atoms with E-state index in [-0.39, 0.29) is 5.69 Å². The third kappa shape index (κ3) is 3.19. The first-order valence-corrected chi connectivity index (χ1v) is 5.10. The average molecular weight is 254 g/mol. The van der Waals surface area contributed by atoms with Gasteiger partial charge in [-0.1, -0.05) is 27.8 Å². The van der Waals surface area contributed by atoms with Crippen LogP contribution in [-0.4, -0.2) is 21.4 Å². The average Bonchev–Trinajstić information content (AvgIpc) is 2.19. The molecule has 0 atom stereocenters. The Bertz CT molecular complexity index is 393. The molecule has 0 amide bonds. The quantitative estimate of drug-likeness (QED) is 0.647. The summed E-state index contributed by atoms with van der Waals surface area (Å²) >= 11 is 3.25. The maximum absolute atomic E-state index is 10.6. The molecule has 1 rings (SSSR count). The Hall–Kier alpha value is -1.34. The molecule has 0 saturated carbocycles. The molecule has 1 aromatic heterocycles. The van der Waals surface area contributed by atoms with Crippen molar-refractivity contribution in [3.63, 3.8) is 0 Å². The zero-order chi connectivity index (χ0) is 10.4. The van der Waals surface area contributed by atoms with Gasteiger partial charge < -0.3 is 5.11 Å². The fourth-order valence-electron chi connectivity index (χ4n) is 0.837. The molecule has 0 aliphatic carbocycles. The number of carboxylic acids is 1. The number of hydrogen-bond acceptors (Lipinski definition) is 2. The van der Waals surface area contributed by atoms with Crippen molar-refractivity contribution in [3.8, 4) is 11.8 Å². The Morgan fingerprint density at radius 3 is 3.07 bits per heavy atom. The lowest BCUT2D eigenvalue weighted by atomic mass is 10.2. The van der Waals surface area contributed by atoms with Crippen molar-refractivity contribution in [2.75, 3.05) is 5.33 Å². The first kappa shape index (κ1) is 10.7. The molecule has 14 heavy (non-hydrogen) atoms. The molecule has 0 spiro atoms. The van der Waals surface area contributed by atoms with E-state index in [0.29, 0.717) is 5.56 Å². The van der Waals surface area contributed by atoms with Crippen LogP contribution in [0.15, 0.2) is 18.3 Å². The second-order valence-corrected chi connectivity index (χ2v) is 3.27. The van der Waals surface area contributed by atoms with Crippen LogP contribution in [-0.2, 0) is 0 Å². The van der Waals surface area contributed by atoms with Gasteiger partial charge in [0.15, 0.2) is 0 Å². The lowest BCUT2D eigenvalue weighted by Crippen LogP contribution is -1.99. The molecular weight excluding hydrogens is 246 g/mol. The zero-order valence-corrected chi connectivity index (χ0v) is 8.91. The van der Waals surface area contributed by atoms with Crippen molar-refractivity contribution in [1.82, 2.24) is 4.98 Å². The predicted molar refractivity (Wildman–Crippen MR) is 56.5 cm³/mol. The van der Waals surface area contributed by atoms with E-state index in [0.717, 1.165) is 11.8 Å². The van der Waals surface area contributed by atoms with Gasteiger partial charge in [0.1, 0.15) is 5.69 Å². The number of rotatable bonds is 2. The number of aromatic nitrogens is 1. The third-order valence-corrected chi connectivity index (χ3v) is 1.83. The highest BCUT2D eigenvalue weighted by molar-refractivity contribution is 9.09. The summed E-state index contributed by atoms with van der Waals surface area (Å²) in [6.45, 7) is 0. The molecule has 1 N–H and O–H groups in total. The van der Waals surface area contributed by atoms with E-state index in [1.54, 1.807) is 6.07 Å². The van der Waals surface area contributed by atoms with Crippen molar-refractivity contribution in [1.29, 1.82) is 0 Å². The Labute approximate surface area is 90.3 Å². The molecule has 1 heterocycles. The monoisotopic (exact) mass is 253 g/mol. The van der Waals surface area contributed by atoms with Crippen LogP contribution in [0, 0.1) is 11.8 Å². The summed E-state index contributed by atoms with van der Waals surface area (Å²) in [7, 11) is 0. The van der Waals surface area contributed by atoms with Gasteiger partial charge in [0.2, 0.25) is 0 Å². The molecule has 0 aliphatic heterocycles. The Morgan fingerprint density at radius 2 is 2.43 bits per heavy atom. The Balaban J connectivity index is 2.85. The Morgan fingerprint density at radius 1 is 1.64 bits per heavy atom. The van der Waals surface area contributed by atoms with Gasteiger partial charge in [-0.3, -0.25) is 0 Å². The highest BCUT2D eigenvalue weighted by atomic mass is 79.9. The van der Waals surface area contributed by atoms with Gasteiger partial charge >= 0.3 is 5.97 Å². The lowest BCUT2D eigenvalue weighted by Gasteiger charge is -1.93. The fourth-order valence-corrected chi connectivity index (χ4v) is 1.04. The lowest BCUT2D eigenvalue weighted by molar-refractivity contribution is 0.0690. The molecule has 0 aliphatic rings. The van der Waals surface area contributed by atoms with E-state index in [1.165, 1.54) is 12.3 Å². The molecule has 0 saturated heterocycles. The number of alkyl halides is 1. The van der Waals surface area contributed by atoms with Crippen LogP contribution in [0.2, 0.25) is 0 Å². The van der Waals surface area contributed by atoms with Crippen LogP contribution in [0.5, 0.6) is 0 Å². The maximum atomic E-state index is 10.6. The zero-order valence-electron chi connectivity index (χ0n) is 7.33. The van der Waals surface area contributed by atoms with Gasteiger partial charge in [-0.2, -0.15) is 0 Å². The normalized spacial score (nSPS) is 8.93. The number of carboxylic acid groups (broad SMARTS) is 1. The summed E-state index contributed by atoms with van der Waals surface area (Å²) < 4.78 is 0. The van der Waals surface area contributed by atoms with E-state index in [4.69, 9.17) is 5.11 Å². The SMILES string of the molecule is O=C(O)c1cc(C#CCCBr)ccn1. The van der Waals surface area contributed by atoms with Crippen LogP contribution in [0.25, 0.3) is 0 Å². The fraction of sp³-hybridized carbons (Fsp3) is 0.200. The number of carbonyl (C=O) groups is 1. The summed E-state index contributed by atoms with van der Waals surface area (Å²) in [5, 5.41) is 9.48. The molecular formula is C10H8BrNO2. The van der Waals surface area contributed by atoms with E-state index in [1.807, 2.05) is 0 Å². The number of pyridine rings is 1. The van der Waals surface area contributed by atoms with Crippen LogP contribution in [0.4, 0.5) is 0 Å². The molecule has 0 fully saturated rings. The molecule has 4 heteroatoms. The summed E-state index contributed by atoms with van der Waals surface area (Å²) in [6, 6.07) is 3.15. The van der Waals surface area contributed by atoms with Crippen LogP contribution < -0.4 is 0 Å². The second-order valence-electron chi connectivity index (χ2n) is 2.48. The number of halogens is 1. The van der Waals surface area contributed by atoms with Crippen LogP contribution in [0.3, 0.4) is 0 Å². The minimum absolute atomic E-state index is 0.0237. The number of nitrogens with zero attached hydrogens (tertiary/aromatic N) is 1. The summed E-state index contributed by atoms with van der Waals surface area (Å²) in [5.74, 6) is 4.72. The van der Waals surface area contributed by atoms with Gasteiger partial charge in [0.05, 0.1) is 0 Å². The predicted octanol–water partition coefficient (Wildman–Crippen LogP) is 1.92. The molecule has 0 unspecified atom stereocenters. The Kier molecular flexibility index (Phi) is 4.14.